The zero-order valence-corrected chi connectivity index (χ0v) is 16.2. The summed E-state index contributed by atoms with van der Waals surface area (Å²) in [5.74, 6) is 3.27. The molecule has 112 valence electrons. The van der Waals surface area contributed by atoms with E-state index >= 15 is 0 Å². The first kappa shape index (κ1) is 17.0. The first-order chi connectivity index (χ1) is 10.3. The van der Waals surface area contributed by atoms with E-state index in [0.29, 0.717) is 5.02 Å². The molecule has 0 saturated heterocycles. The molecule has 22 heavy (non-hydrogen) atoms. The summed E-state index contributed by atoms with van der Waals surface area (Å²) in [4.78, 5) is 4.70. The third-order valence-electron chi connectivity index (χ3n) is 2.74. The second-order valence-corrected chi connectivity index (χ2v) is 12.0. The first-order valence-corrected chi connectivity index (χ1v) is 11.6. The highest BCUT2D eigenvalue weighted by molar-refractivity contribution is 9.10. The number of halogens is 2. The van der Waals surface area contributed by atoms with Gasteiger partial charge in [-0.1, -0.05) is 65.2 Å². The van der Waals surface area contributed by atoms with Gasteiger partial charge >= 0.3 is 0 Å². The van der Waals surface area contributed by atoms with Crippen molar-refractivity contribution in [1.82, 2.24) is 0 Å². The smallest absolute Gasteiger partial charge is 0.129 e. The molecule has 0 aliphatic heterocycles. The predicted octanol–water partition coefficient (Wildman–Crippen LogP) is 6.10. The van der Waals surface area contributed by atoms with Gasteiger partial charge in [0.05, 0.1) is 5.69 Å². The average Bonchev–Trinajstić information content (AvgIpc) is 2.45. The van der Waals surface area contributed by atoms with Crippen LogP contribution in [0.4, 0.5) is 5.69 Å². The van der Waals surface area contributed by atoms with Crippen molar-refractivity contribution in [3.05, 3.63) is 63.6 Å². The Morgan fingerprint density at radius 1 is 1.00 bits per heavy atom. The van der Waals surface area contributed by atoms with Crippen LogP contribution in [-0.4, -0.2) is 13.8 Å². The maximum atomic E-state index is 5.97. The maximum Gasteiger partial charge on any atom is 0.129 e. The van der Waals surface area contributed by atoms with Crippen LogP contribution >= 0.6 is 27.5 Å². The fraction of sp³-hybridized carbons (Fsp3) is 0.167. The fourth-order valence-electron chi connectivity index (χ4n) is 1.66. The lowest BCUT2D eigenvalue weighted by Gasteiger charge is -2.05. The molecule has 0 spiro atoms. The van der Waals surface area contributed by atoms with Crippen molar-refractivity contribution in [1.29, 1.82) is 0 Å². The van der Waals surface area contributed by atoms with E-state index in [1.165, 1.54) is 0 Å². The first-order valence-electron chi connectivity index (χ1n) is 6.97. The number of hydrogen-bond donors (Lipinski definition) is 0. The van der Waals surface area contributed by atoms with Gasteiger partial charge in [-0.25, -0.2) is 4.99 Å². The van der Waals surface area contributed by atoms with Gasteiger partial charge in [0.1, 0.15) is 13.8 Å². The van der Waals surface area contributed by atoms with Gasteiger partial charge < -0.3 is 0 Å². The summed E-state index contributed by atoms with van der Waals surface area (Å²) in [6, 6.07) is 15.5. The van der Waals surface area contributed by atoms with Crippen LogP contribution in [0.5, 0.6) is 0 Å². The Hall–Kier alpha value is -1.34. The van der Waals surface area contributed by atoms with Crippen molar-refractivity contribution in [2.45, 2.75) is 19.6 Å². The topological polar surface area (TPSA) is 12.4 Å². The van der Waals surface area contributed by atoms with Crippen molar-refractivity contribution in [2.24, 2.45) is 4.99 Å². The fourth-order valence-corrected chi connectivity index (χ4v) is 2.55. The van der Waals surface area contributed by atoms with Gasteiger partial charge in [0.25, 0.3) is 0 Å². The molecule has 0 unspecified atom stereocenters. The lowest BCUT2D eigenvalue weighted by atomic mass is 10.1. The molecule has 2 aromatic rings. The number of hydrogen-bond acceptors (Lipinski definition) is 1. The molecule has 4 heteroatoms. The van der Waals surface area contributed by atoms with Crippen LogP contribution in [0.2, 0.25) is 24.7 Å². The maximum absolute atomic E-state index is 5.97. The highest BCUT2D eigenvalue weighted by Gasteiger charge is 2.09. The number of nitrogens with zero attached hydrogens (tertiary/aromatic N) is 1. The monoisotopic (exact) mass is 389 g/mol. The summed E-state index contributed by atoms with van der Waals surface area (Å²) >= 11 is 9.41. The lowest BCUT2D eigenvalue weighted by Crippen LogP contribution is -2.17. The minimum Gasteiger partial charge on any atom is -0.239 e. The summed E-state index contributed by atoms with van der Waals surface area (Å²) in [6.07, 6.45) is 0. The Morgan fingerprint density at radius 3 is 2.14 bits per heavy atom. The van der Waals surface area contributed by atoms with Gasteiger partial charge in [-0.15, -0.1) is 5.54 Å². The van der Waals surface area contributed by atoms with Crippen LogP contribution in [0, 0.1) is 11.5 Å². The van der Waals surface area contributed by atoms with Gasteiger partial charge in [0.15, 0.2) is 0 Å². The standard InChI is InChI=1S/C18H17BrClNSi/c1-22(2,3)13-12-18(14-4-8-16(20)9-5-14)21-17-10-6-15(19)7-11-17/h4-11H,1-3H3. The molecule has 0 saturated carbocycles. The van der Waals surface area contributed by atoms with E-state index in [1.54, 1.807) is 0 Å². The van der Waals surface area contributed by atoms with Gasteiger partial charge in [-0.2, -0.15) is 0 Å². The molecule has 0 bridgehead atoms. The zero-order chi connectivity index (χ0) is 16.2. The molecule has 0 aliphatic carbocycles. The molecule has 0 radical (unpaired) electrons. The van der Waals surface area contributed by atoms with Crippen LogP contribution in [0.3, 0.4) is 0 Å². The molecule has 0 amide bonds. The van der Waals surface area contributed by atoms with Crippen molar-refractivity contribution in [3.8, 4) is 11.5 Å². The summed E-state index contributed by atoms with van der Waals surface area (Å²) < 4.78 is 1.03. The molecule has 2 aromatic carbocycles. The van der Waals surface area contributed by atoms with Crippen molar-refractivity contribution < 1.29 is 0 Å². The van der Waals surface area contributed by atoms with E-state index in [0.717, 1.165) is 21.4 Å². The van der Waals surface area contributed by atoms with Crippen LogP contribution in [-0.2, 0) is 0 Å². The zero-order valence-electron chi connectivity index (χ0n) is 12.8. The Morgan fingerprint density at radius 2 is 1.59 bits per heavy atom. The van der Waals surface area contributed by atoms with Crippen molar-refractivity contribution in [2.75, 3.05) is 0 Å². The Labute approximate surface area is 146 Å². The molecule has 0 N–H and O–H groups in total. The van der Waals surface area contributed by atoms with Gasteiger partial charge in [-0.3, -0.25) is 0 Å². The molecule has 0 fully saturated rings. The minimum absolute atomic E-state index is 0.713. The quantitative estimate of drug-likeness (QED) is 0.333. The van der Waals surface area contributed by atoms with Gasteiger partial charge in [0.2, 0.25) is 0 Å². The molecule has 0 heterocycles. The number of aliphatic imine (C=N–C) groups is 1. The largest absolute Gasteiger partial charge is 0.239 e. The third kappa shape index (κ3) is 5.45. The van der Waals surface area contributed by atoms with E-state index in [-0.39, 0.29) is 0 Å². The van der Waals surface area contributed by atoms with E-state index in [1.807, 2.05) is 48.5 Å². The molecule has 0 atom stereocenters. The predicted molar refractivity (Wildman–Crippen MR) is 103 cm³/mol. The summed E-state index contributed by atoms with van der Waals surface area (Å²) in [5.41, 5.74) is 6.03. The number of benzene rings is 2. The number of rotatable bonds is 2. The summed E-state index contributed by atoms with van der Waals surface area (Å²) in [6.45, 7) is 6.66. The molecular formula is C18H17BrClNSi. The average molecular weight is 391 g/mol. The highest BCUT2D eigenvalue weighted by Crippen LogP contribution is 2.19. The normalized spacial score (nSPS) is 11.8. The highest BCUT2D eigenvalue weighted by atomic mass is 79.9. The Kier molecular flexibility index (Phi) is 5.63. The van der Waals surface area contributed by atoms with Crippen molar-refractivity contribution >= 4 is 47.0 Å². The second-order valence-electron chi connectivity index (χ2n) is 5.94. The van der Waals surface area contributed by atoms with Gasteiger partial charge in [0, 0.05) is 15.1 Å². The summed E-state index contributed by atoms with van der Waals surface area (Å²) in [5, 5.41) is 0.713. The molecule has 1 nitrogen and oxygen atoms in total. The van der Waals surface area contributed by atoms with Crippen molar-refractivity contribution in [3.63, 3.8) is 0 Å². The van der Waals surface area contributed by atoms with E-state index < -0.39 is 8.07 Å². The lowest BCUT2D eigenvalue weighted by molar-refractivity contribution is 1.49. The minimum atomic E-state index is -1.47. The second kappa shape index (κ2) is 7.28. The molecular weight excluding hydrogens is 374 g/mol. The van der Waals surface area contributed by atoms with Crippen LogP contribution in [0.25, 0.3) is 0 Å². The van der Waals surface area contributed by atoms with E-state index in [9.17, 15) is 0 Å². The third-order valence-corrected chi connectivity index (χ3v) is 4.40. The molecule has 0 aliphatic rings. The van der Waals surface area contributed by atoms with E-state index in [2.05, 4.69) is 47.0 Å². The SMILES string of the molecule is C[Si](C)(C)C#CC(=Nc1ccc(Br)cc1)c1ccc(Cl)cc1. The molecule has 0 aromatic heterocycles. The summed E-state index contributed by atoms with van der Waals surface area (Å²) in [7, 11) is -1.47. The molecule has 2 rings (SSSR count). The van der Waals surface area contributed by atoms with Crippen LogP contribution in [0.1, 0.15) is 5.56 Å². The van der Waals surface area contributed by atoms with Gasteiger partial charge in [-0.05, 0) is 36.4 Å². The van der Waals surface area contributed by atoms with Crippen LogP contribution < -0.4 is 0 Å². The van der Waals surface area contributed by atoms with Crippen LogP contribution in [0.15, 0.2) is 58.0 Å². The van der Waals surface area contributed by atoms with E-state index in [4.69, 9.17) is 16.6 Å². The Bertz CT molecular complexity index is 732. The Balaban J connectivity index is 2.46.